The van der Waals surface area contributed by atoms with Gasteiger partial charge < -0.3 is 33.3 Å². The Morgan fingerprint density at radius 1 is 0.759 bits per heavy atom. The van der Waals surface area contributed by atoms with Crippen molar-refractivity contribution in [3.05, 3.63) is 36.4 Å². The molecule has 8 heteroatoms. The Labute approximate surface area is 171 Å². The van der Waals surface area contributed by atoms with Crippen LogP contribution in [0.2, 0.25) is 0 Å². The smallest absolute Gasteiger partial charge is 0.174 e. The Balaban J connectivity index is 2.56. The molecular formula is C21H28N2O6. The van der Waals surface area contributed by atoms with Gasteiger partial charge in [-0.3, -0.25) is 0 Å². The molecular weight excluding hydrogens is 376 g/mol. The standard InChI is InChI=1S/C21H28N2O6/c1-24-15-9-7-10-16(25-2)20(15)22-14-23(13-19(28-5)29-6)21-17(26-3)11-8-12-18(21)27-4/h7-12,14,19H,13H2,1-6H3. The first-order valence-corrected chi connectivity index (χ1v) is 8.91. The number of hydrogen-bond donors (Lipinski definition) is 0. The number of nitrogens with zero attached hydrogens (tertiary/aromatic N) is 2. The first kappa shape index (κ1) is 22.3. The first-order chi connectivity index (χ1) is 14.1. The fourth-order valence-electron chi connectivity index (χ4n) is 2.80. The molecule has 0 aliphatic rings. The van der Waals surface area contributed by atoms with Crippen LogP contribution in [0.25, 0.3) is 0 Å². The molecule has 0 unspecified atom stereocenters. The summed E-state index contributed by atoms with van der Waals surface area (Å²) >= 11 is 0. The number of anilines is 1. The average Bonchev–Trinajstić information content (AvgIpc) is 2.78. The maximum atomic E-state index is 5.55. The van der Waals surface area contributed by atoms with Gasteiger partial charge in [0.25, 0.3) is 0 Å². The van der Waals surface area contributed by atoms with Gasteiger partial charge in [-0.2, -0.15) is 0 Å². The minimum Gasteiger partial charge on any atom is -0.494 e. The molecule has 8 nitrogen and oxygen atoms in total. The normalized spacial score (nSPS) is 11.0. The van der Waals surface area contributed by atoms with E-state index in [4.69, 9.17) is 28.4 Å². The van der Waals surface area contributed by atoms with Crippen LogP contribution < -0.4 is 23.8 Å². The average molecular weight is 404 g/mol. The molecule has 0 saturated carbocycles. The van der Waals surface area contributed by atoms with E-state index in [1.807, 2.05) is 41.3 Å². The Morgan fingerprint density at radius 2 is 1.21 bits per heavy atom. The third-order valence-corrected chi connectivity index (χ3v) is 4.29. The molecule has 0 aliphatic heterocycles. The SMILES string of the molecule is COc1cccc(OC)c1N=CN(CC(OC)OC)c1c(OC)cccc1OC. The Kier molecular flexibility index (Phi) is 8.57. The highest BCUT2D eigenvalue weighted by Gasteiger charge is 2.21. The summed E-state index contributed by atoms with van der Waals surface area (Å²) in [5, 5.41) is 0. The summed E-state index contributed by atoms with van der Waals surface area (Å²) < 4.78 is 32.7. The lowest BCUT2D eigenvalue weighted by molar-refractivity contribution is -0.0934. The highest BCUT2D eigenvalue weighted by molar-refractivity contribution is 5.88. The molecule has 0 amide bonds. The molecule has 158 valence electrons. The van der Waals surface area contributed by atoms with Crippen LogP contribution in [-0.2, 0) is 9.47 Å². The summed E-state index contributed by atoms with van der Waals surface area (Å²) in [6.45, 7) is 0.338. The van der Waals surface area contributed by atoms with Crippen molar-refractivity contribution in [3.63, 3.8) is 0 Å². The van der Waals surface area contributed by atoms with Crippen LogP contribution in [0.3, 0.4) is 0 Å². The lowest BCUT2D eigenvalue weighted by Crippen LogP contribution is -2.34. The van der Waals surface area contributed by atoms with Crippen LogP contribution in [0, 0.1) is 0 Å². The molecule has 2 aromatic rings. The molecule has 0 N–H and O–H groups in total. The fraction of sp³-hybridized carbons (Fsp3) is 0.381. The largest absolute Gasteiger partial charge is 0.494 e. The topological polar surface area (TPSA) is 71.0 Å². The lowest BCUT2D eigenvalue weighted by atomic mass is 10.2. The van der Waals surface area contributed by atoms with Crippen molar-refractivity contribution >= 4 is 17.7 Å². The maximum absolute atomic E-state index is 5.55. The van der Waals surface area contributed by atoms with Crippen LogP contribution in [0.15, 0.2) is 41.4 Å². The summed E-state index contributed by atoms with van der Waals surface area (Å²) in [7, 11) is 9.52. The minimum atomic E-state index is -0.504. The second-order valence-electron chi connectivity index (χ2n) is 5.82. The molecule has 0 aromatic heterocycles. The van der Waals surface area contributed by atoms with E-state index in [1.54, 1.807) is 49.0 Å². The van der Waals surface area contributed by atoms with Crippen molar-refractivity contribution in [2.75, 3.05) is 54.1 Å². The van der Waals surface area contributed by atoms with Crippen molar-refractivity contribution in [1.29, 1.82) is 0 Å². The summed E-state index contributed by atoms with van der Waals surface area (Å²) in [6, 6.07) is 11.0. The number of hydrogen-bond acceptors (Lipinski definition) is 7. The van der Waals surface area contributed by atoms with Crippen LogP contribution in [-0.4, -0.2) is 61.8 Å². The fourth-order valence-corrected chi connectivity index (χ4v) is 2.80. The molecule has 29 heavy (non-hydrogen) atoms. The molecule has 0 spiro atoms. The van der Waals surface area contributed by atoms with E-state index in [1.165, 1.54) is 0 Å². The third kappa shape index (κ3) is 5.30. The molecule has 0 bridgehead atoms. The molecule has 0 radical (unpaired) electrons. The number of ether oxygens (including phenoxy) is 6. The van der Waals surface area contributed by atoms with E-state index in [0.717, 1.165) is 0 Å². The van der Waals surface area contributed by atoms with Crippen molar-refractivity contribution in [2.45, 2.75) is 6.29 Å². The summed E-state index contributed by atoms with van der Waals surface area (Å²) in [6.07, 6.45) is 1.14. The van der Waals surface area contributed by atoms with Gasteiger partial charge in [0, 0.05) is 14.2 Å². The Bertz CT molecular complexity index is 763. The molecule has 0 atom stereocenters. The summed E-state index contributed by atoms with van der Waals surface area (Å²) in [5.74, 6) is 2.41. The van der Waals surface area contributed by atoms with Gasteiger partial charge in [0.15, 0.2) is 6.29 Å². The van der Waals surface area contributed by atoms with E-state index < -0.39 is 6.29 Å². The Hall–Kier alpha value is -2.97. The molecule has 0 fully saturated rings. The monoisotopic (exact) mass is 404 g/mol. The molecule has 0 saturated heterocycles. The van der Waals surface area contributed by atoms with E-state index in [-0.39, 0.29) is 0 Å². The number of para-hydroxylation sites is 2. The van der Waals surface area contributed by atoms with E-state index >= 15 is 0 Å². The zero-order chi connectivity index (χ0) is 21.2. The van der Waals surface area contributed by atoms with Gasteiger partial charge in [0.1, 0.15) is 34.4 Å². The number of methoxy groups -OCH3 is 6. The highest BCUT2D eigenvalue weighted by atomic mass is 16.7. The molecule has 0 aliphatic carbocycles. The van der Waals surface area contributed by atoms with Crippen LogP contribution in [0.1, 0.15) is 0 Å². The third-order valence-electron chi connectivity index (χ3n) is 4.29. The second-order valence-corrected chi connectivity index (χ2v) is 5.82. The van der Waals surface area contributed by atoms with Crippen LogP contribution in [0.5, 0.6) is 23.0 Å². The summed E-state index contributed by atoms with van der Waals surface area (Å²) in [4.78, 5) is 6.46. The van der Waals surface area contributed by atoms with Crippen molar-refractivity contribution in [3.8, 4) is 23.0 Å². The van der Waals surface area contributed by atoms with E-state index in [0.29, 0.717) is 40.9 Å². The molecule has 2 aromatic carbocycles. The summed E-state index contributed by atoms with van der Waals surface area (Å²) in [5.41, 5.74) is 1.25. The van der Waals surface area contributed by atoms with Crippen LogP contribution in [0.4, 0.5) is 11.4 Å². The zero-order valence-electron chi connectivity index (χ0n) is 17.7. The van der Waals surface area contributed by atoms with E-state index in [2.05, 4.69) is 4.99 Å². The number of benzene rings is 2. The Morgan fingerprint density at radius 3 is 1.62 bits per heavy atom. The van der Waals surface area contributed by atoms with Gasteiger partial charge in [0.2, 0.25) is 0 Å². The van der Waals surface area contributed by atoms with Crippen molar-refractivity contribution in [1.82, 2.24) is 0 Å². The number of rotatable bonds is 11. The number of aliphatic imine (C=N–C) groups is 1. The lowest BCUT2D eigenvalue weighted by Gasteiger charge is -2.27. The highest BCUT2D eigenvalue weighted by Crippen LogP contribution is 2.39. The van der Waals surface area contributed by atoms with Gasteiger partial charge in [-0.25, -0.2) is 4.99 Å². The van der Waals surface area contributed by atoms with Crippen molar-refractivity contribution < 1.29 is 28.4 Å². The predicted octanol–water partition coefficient (Wildman–Crippen LogP) is 3.51. The first-order valence-electron chi connectivity index (χ1n) is 8.91. The van der Waals surface area contributed by atoms with Crippen molar-refractivity contribution in [2.24, 2.45) is 4.99 Å². The zero-order valence-corrected chi connectivity index (χ0v) is 17.7. The van der Waals surface area contributed by atoms with Gasteiger partial charge in [0.05, 0.1) is 41.3 Å². The predicted molar refractivity (Wildman–Crippen MR) is 112 cm³/mol. The second kappa shape index (κ2) is 11.1. The maximum Gasteiger partial charge on any atom is 0.174 e. The molecule has 0 heterocycles. The minimum absolute atomic E-state index is 0.338. The van der Waals surface area contributed by atoms with Gasteiger partial charge in [-0.1, -0.05) is 12.1 Å². The van der Waals surface area contributed by atoms with Gasteiger partial charge in [-0.05, 0) is 24.3 Å². The molecule has 2 rings (SSSR count). The van der Waals surface area contributed by atoms with Gasteiger partial charge >= 0.3 is 0 Å². The van der Waals surface area contributed by atoms with Crippen LogP contribution >= 0.6 is 0 Å². The van der Waals surface area contributed by atoms with E-state index in [9.17, 15) is 0 Å². The van der Waals surface area contributed by atoms with Gasteiger partial charge in [-0.15, -0.1) is 0 Å². The quantitative estimate of drug-likeness (QED) is 0.322.